The second-order valence-electron chi connectivity index (χ2n) is 6.76. The quantitative estimate of drug-likeness (QED) is 0.366. The molecule has 0 aliphatic carbocycles. The summed E-state index contributed by atoms with van der Waals surface area (Å²) in [5, 5.41) is 3.27. The van der Waals surface area contributed by atoms with Crippen LogP contribution in [0.3, 0.4) is 0 Å². The number of aryl methyl sites for hydroxylation is 1. The van der Waals surface area contributed by atoms with E-state index in [2.05, 4.69) is 5.32 Å². The Morgan fingerprint density at radius 2 is 1.77 bits per heavy atom. The third-order valence-corrected chi connectivity index (χ3v) is 5.15. The average Bonchev–Trinajstić information content (AvgIpc) is 2.93. The van der Waals surface area contributed by atoms with Gasteiger partial charge in [0.2, 0.25) is 0 Å². The molecule has 0 unspecified atom stereocenters. The summed E-state index contributed by atoms with van der Waals surface area (Å²) in [6.45, 7) is 4.17. The minimum absolute atomic E-state index is 0.0184. The molecule has 0 radical (unpaired) electrons. The molecule has 0 saturated heterocycles. The summed E-state index contributed by atoms with van der Waals surface area (Å²) in [4.78, 5) is 38.5. The van der Waals surface area contributed by atoms with Gasteiger partial charge in [0.1, 0.15) is 10.7 Å². The highest BCUT2D eigenvalue weighted by molar-refractivity contribution is 6.53. The van der Waals surface area contributed by atoms with Crippen LogP contribution < -0.4 is 10.2 Å². The molecule has 30 heavy (non-hydrogen) atoms. The third kappa shape index (κ3) is 4.50. The number of hydrogen-bond donors (Lipinski definition) is 1. The van der Waals surface area contributed by atoms with Crippen molar-refractivity contribution in [2.75, 3.05) is 16.8 Å². The summed E-state index contributed by atoms with van der Waals surface area (Å²) in [5.74, 6) is -1.68. The maximum atomic E-state index is 12.9. The lowest BCUT2D eigenvalue weighted by atomic mass is 10.2. The number of hydrogen-bond acceptors (Lipinski definition) is 5. The first-order valence-corrected chi connectivity index (χ1v) is 10.2. The molecule has 156 valence electrons. The fourth-order valence-electron chi connectivity index (χ4n) is 2.89. The number of nitrogens with one attached hydrogen (secondary N) is 1. The number of carbonyl (C=O) groups excluding carboxylic acids is 3. The van der Waals surface area contributed by atoms with Crippen LogP contribution in [0.5, 0.6) is 0 Å². The molecule has 0 bridgehead atoms. The largest absolute Gasteiger partial charge is 0.462 e. The van der Waals surface area contributed by atoms with E-state index >= 15 is 0 Å². The second-order valence-corrected chi connectivity index (χ2v) is 7.57. The van der Waals surface area contributed by atoms with Crippen molar-refractivity contribution < 1.29 is 19.1 Å². The van der Waals surface area contributed by atoms with E-state index in [1.165, 1.54) is 24.3 Å². The smallest absolute Gasteiger partial charge is 0.338 e. The number of anilines is 2. The molecule has 1 N–H and O–H groups in total. The lowest BCUT2D eigenvalue weighted by Gasteiger charge is -2.16. The van der Waals surface area contributed by atoms with Crippen LogP contribution >= 0.6 is 23.2 Å². The molecule has 3 rings (SSSR count). The number of benzene rings is 2. The molecule has 2 aromatic carbocycles. The fourth-order valence-corrected chi connectivity index (χ4v) is 3.33. The van der Waals surface area contributed by atoms with Gasteiger partial charge in [-0.15, -0.1) is 0 Å². The standard InChI is InChI=1S/C22H20Cl2N2O4/c1-3-4-11-30-22(29)14-5-8-16(9-6-14)26-20(27)18(24)19(21(26)28)25-17-10-7-15(23)12-13(17)2/h5-10,12,25H,3-4,11H2,1-2H3. The van der Waals surface area contributed by atoms with E-state index in [1.54, 1.807) is 18.2 Å². The molecule has 8 heteroatoms. The number of halogens is 2. The molecule has 1 aliphatic rings. The zero-order valence-corrected chi connectivity index (χ0v) is 18.0. The third-order valence-electron chi connectivity index (χ3n) is 4.57. The van der Waals surface area contributed by atoms with Gasteiger partial charge >= 0.3 is 5.97 Å². The van der Waals surface area contributed by atoms with Crippen LogP contribution in [0.25, 0.3) is 0 Å². The molecule has 1 heterocycles. The summed E-state index contributed by atoms with van der Waals surface area (Å²) in [6, 6.07) is 11.1. The van der Waals surface area contributed by atoms with Crippen LogP contribution in [-0.4, -0.2) is 24.4 Å². The Morgan fingerprint density at radius 3 is 2.40 bits per heavy atom. The molecular formula is C22H20Cl2N2O4. The van der Waals surface area contributed by atoms with E-state index in [0.29, 0.717) is 28.6 Å². The minimum Gasteiger partial charge on any atom is -0.462 e. The van der Waals surface area contributed by atoms with Gasteiger partial charge < -0.3 is 10.1 Å². The number of unbranched alkanes of at least 4 members (excludes halogenated alkanes) is 1. The van der Waals surface area contributed by atoms with Gasteiger partial charge in [0, 0.05) is 10.7 Å². The molecule has 0 atom stereocenters. The topological polar surface area (TPSA) is 75.7 Å². The fraction of sp³-hybridized carbons (Fsp3) is 0.227. The molecule has 6 nitrogen and oxygen atoms in total. The van der Waals surface area contributed by atoms with E-state index in [9.17, 15) is 14.4 Å². The van der Waals surface area contributed by atoms with Crippen molar-refractivity contribution >= 4 is 52.4 Å². The maximum Gasteiger partial charge on any atom is 0.338 e. The summed E-state index contributed by atoms with van der Waals surface area (Å²) in [5.41, 5.74) is 2.03. The van der Waals surface area contributed by atoms with Crippen molar-refractivity contribution in [1.82, 2.24) is 0 Å². The van der Waals surface area contributed by atoms with Crippen molar-refractivity contribution in [3.63, 3.8) is 0 Å². The number of rotatable bonds is 7. The van der Waals surface area contributed by atoms with Crippen molar-refractivity contribution in [3.05, 3.63) is 69.3 Å². The zero-order valence-electron chi connectivity index (χ0n) is 16.5. The predicted molar refractivity (Wildman–Crippen MR) is 117 cm³/mol. The highest BCUT2D eigenvalue weighted by Gasteiger charge is 2.39. The summed E-state index contributed by atoms with van der Waals surface area (Å²) >= 11 is 12.1. The second kappa shape index (κ2) is 9.32. The maximum absolute atomic E-state index is 12.9. The summed E-state index contributed by atoms with van der Waals surface area (Å²) < 4.78 is 5.16. The van der Waals surface area contributed by atoms with Gasteiger partial charge in [-0.05, 0) is 61.4 Å². The van der Waals surface area contributed by atoms with Crippen molar-refractivity contribution in [2.45, 2.75) is 26.7 Å². The van der Waals surface area contributed by atoms with E-state index in [-0.39, 0.29) is 10.7 Å². The number of nitrogens with zero attached hydrogens (tertiary/aromatic N) is 1. The summed E-state index contributed by atoms with van der Waals surface area (Å²) in [7, 11) is 0. The van der Waals surface area contributed by atoms with Gasteiger partial charge in [0.25, 0.3) is 11.8 Å². The predicted octanol–water partition coefficient (Wildman–Crippen LogP) is 5.04. The van der Waals surface area contributed by atoms with Crippen LogP contribution in [0.2, 0.25) is 5.02 Å². The first-order chi connectivity index (χ1) is 14.3. The molecular weight excluding hydrogens is 427 g/mol. The van der Waals surface area contributed by atoms with Crippen LogP contribution in [0.1, 0.15) is 35.7 Å². The number of carbonyl (C=O) groups is 3. The Balaban J connectivity index is 1.77. The Kier molecular flexibility index (Phi) is 6.80. The highest BCUT2D eigenvalue weighted by Crippen LogP contribution is 2.31. The Bertz CT molecular complexity index is 1030. The van der Waals surface area contributed by atoms with Crippen LogP contribution in [0.4, 0.5) is 11.4 Å². The number of esters is 1. The Hall–Kier alpha value is -2.83. The minimum atomic E-state index is -0.644. The lowest BCUT2D eigenvalue weighted by Crippen LogP contribution is -2.32. The number of ether oxygens (including phenoxy) is 1. The molecule has 0 fully saturated rings. The first kappa shape index (κ1) is 21.9. The molecule has 2 amide bonds. The van der Waals surface area contributed by atoms with Gasteiger partial charge in [-0.3, -0.25) is 9.59 Å². The Labute approximate surface area is 184 Å². The molecule has 0 aromatic heterocycles. The number of imide groups is 1. The van der Waals surface area contributed by atoms with Crippen molar-refractivity contribution in [3.8, 4) is 0 Å². The average molecular weight is 447 g/mol. The Morgan fingerprint density at radius 1 is 1.07 bits per heavy atom. The molecule has 1 aliphatic heterocycles. The van der Waals surface area contributed by atoms with E-state index < -0.39 is 17.8 Å². The highest BCUT2D eigenvalue weighted by atomic mass is 35.5. The van der Waals surface area contributed by atoms with E-state index in [0.717, 1.165) is 23.3 Å². The SMILES string of the molecule is CCCCOC(=O)c1ccc(N2C(=O)C(Cl)=C(Nc3ccc(Cl)cc3C)C2=O)cc1. The molecule has 0 saturated carbocycles. The van der Waals surface area contributed by atoms with Gasteiger partial charge in [-0.25, -0.2) is 9.69 Å². The number of amides is 2. The van der Waals surface area contributed by atoms with Crippen molar-refractivity contribution in [2.24, 2.45) is 0 Å². The first-order valence-electron chi connectivity index (χ1n) is 9.42. The van der Waals surface area contributed by atoms with E-state index in [1.807, 2.05) is 13.8 Å². The molecule has 2 aromatic rings. The van der Waals surface area contributed by atoms with Crippen LogP contribution in [0.15, 0.2) is 53.2 Å². The van der Waals surface area contributed by atoms with Gasteiger partial charge in [0.15, 0.2) is 0 Å². The van der Waals surface area contributed by atoms with Gasteiger partial charge in [0.05, 0.1) is 17.9 Å². The molecule has 0 spiro atoms. The van der Waals surface area contributed by atoms with E-state index in [4.69, 9.17) is 27.9 Å². The zero-order chi connectivity index (χ0) is 21.8. The van der Waals surface area contributed by atoms with Gasteiger partial charge in [-0.2, -0.15) is 0 Å². The normalized spacial score (nSPS) is 13.8. The lowest BCUT2D eigenvalue weighted by molar-refractivity contribution is -0.120. The monoisotopic (exact) mass is 446 g/mol. The van der Waals surface area contributed by atoms with Crippen LogP contribution in [0, 0.1) is 6.92 Å². The summed E-state index contributed by atoms with van der Waals surface area (Å²) in [6.07, 6.45) is 1.71. The van der Waals surface area contributed by atoms with Crippen molar-refractivity contribution in [1.29, 1.82) is 0 Å². The van der Waals surface area contributed by atoms with Gasteiger partial charge in [-0.1, -0.05) is 36.5 Å². The van der Waals surface area contributed by atoms with Crippen LogP contribution in [-0.2, 0) is 14.3 Å².